The Morgan fingerprint density at radius 2 is 1.85 bits per heavy atom. The van der Waals surface area contributed by atoms with Gasteiger partial charge in [-0.3, -0.25) is 14.5 Å². The SMILES string of the molecule is CCC(CC)N1CC(C(=O)NCC2(N3CCOCC3)CCCCC2)CC1=O. The van der Waals surface area contributed by atoms with Gasteiger partial charge in [-0.2, -0.15) is 0 Å². The predicted octanol–water partition coefficient (Wildman–Crippen LogP) is 2.17. The number of ether oxygens (including phenoxy) is 1. The van der Waals surface area contributed by atoms with Gasteiger partial charge in [-0.15, -0.1) is 0 Å². The van der Waals surface area contributed by atoms with Crippen LogP contribution in [0.15, 0.2) is 0 Å². The quantitative estimate of drug-likeness (QED) is 0.736. The molecular formula is C21H37N3O3. The molecule has 3 rings (SSSR count). The lowest BCUT2D eigenvalue weighted by Crippen LogP contribution is -2.60. The Balaban J connectivity index is 1.58. The lowest BCUT2D eigenvalue weighted by atomic mass is 9.79. The first-order valence-electron chi connectivity index (χ1n) is 11.0. The summed E-state index contributed by atoms with van der Waals surface area (Å²) in [6.07, 6.45) is 8.34. The molecule has 3 fully saturated rings. The third-order valence-corrected chi connectivity index (χ3v) is 6.97. The van der Waals surface area contributed by atoms with Crippen molar-refractivity contribution in [2.45, 2.75) is 76.8 Å². The maximum atomic E-state index is 12.9. The molecule has 0 bridgehead atoms. The van der Waals surface area contributed by atoms with Crippen molar-refractivity contribution < 1.29 is 14.3 Å². The van der Waals surface area contributed by atoms with Crippen molar-refractivity contribution in [2.24, 2.45) is 5.92 Å². The number of likely N-dealkylation sites (tertiary alicyclic amines) is 1. The molecule has 0 radical (unpaired) electrons. The zero-order chi connectivity index (χ0) is 19.3. The minimum absolute atomic E-state index is 0.0648. The number of nitrogens with one attached hydrogen (secondary N) is 1. The molecule has 1 N–H and O–H groups in total. The minimum Gasteiger partial charge on any atom is -0.379 e. The number of amides is 2. The smallest absolute Gasteiger partial charge is 0.225 e. The topological polar surface area (TPSA) is 61.9 Å². The molecule has 2 amide bonds. The first-order chi connectivity index (χ1) is 13.1. The van der Waals surface area contributed by atoms with E-state index >= 15 is 0 Å². The third kappa shape index (κ3) is 4.65. The van der Waals surface area contributed by atoms with Gasteiger partial charge in [0.25, 0.3) is 0 Å². The lowest BCUT2D eigenvalue weighted by Gasteiger charge is -2.48. The highest BCUT2D eigenvalue weighted by atomic mass is 16.5. The molecule has 0 aromatic heterocycles. The van der Waals surface area contributed by atoms with Crippen LogP contribution in [0.4, 0.5) is 0 Å². The number of hydrogen-bond donors (Lipinski definition) is 1. The van der Waals surface area contributed by atoms with Crippen LogP contribution < -0.4 is 5.32 Å². The van der Waals surface area contributed by atoms with E-state index in [-0.39, 0.29) is 29.3 Å². The van der Waals surface area contributed by atoms with Crippen LogP contribution in [0.25, 0.3) is 0 Å². The Labute approximate surface area is 164 Å². The summed E-state index contributed by atoms with van der Waals surface area (Å²) in [5, 5.41) is 3.25. The Morgan fingerprint density at radius 3 is 2.48 bits per heavy atom. The molecule has 2 heterocycles. The normalized spacial score (nSPS) is 26.6. The average Bonchev–Trinajstić information content (AvgIpc) is 3.10. The summed E-state index contributed by atoms with van der Waals surface area (Å²) in [6, 6.07) is 0.272. The van der Waals surface area contributed by atoms with Crippen LogP contribution in [0.2, 0.25) is 0 Å². The van der Waals surface area contributed by atoms with Gasteiger partial charge in [-0.05, 0) is 25.7 Å². The lowest BCUT2D eigenvalue weighted by molar-refractivity contribution is -0.130. The van der Waals surface area contributed by atoms with Crippen LogP contribution in [0.1, 0.15) is 65.2 Å². The van der Waals surface area contributed by atoms with Gasteiger partial charge in [0, 0.05) is 44.2 Å². The first kappa shape index (κ1) is 20.6. The van der Waals surface area contributed by atoms with Crippen LogP contribution >= 0.6 is 0 Å². The fourth-order valence-corrected chi connectivity index (χ4v) is 5.24. The van der Waals surface area contributed by atoms with Crippen molar-refractivity contribution >= 4 is 11.8 Å². The van der Waals surface area contributed by atoms with Crippen molar-refractivity contribution in [1.29, 1.82) is 0 Å². The number of carbonyl (C=O) groups excluding carboxylic acids is 2. The van der Waals surface area contributed by atoms with Gasteiger partial charge in [-0.25, -0.2) is 0 Å². The van der Waals surface area contributed by atoms with Crippen LogP contribution in [-0.2, 0) is 14.3 Å². The van der Waals surface area contributed by atoms with Crippen molar-refractivity contribution in [3.63, 3.8) is 0 Å². The fraction of sp³-hybridized carbons (Fsp3) is 0.905. The summed E-state index contributed by atoms with van der Waals surface area (Å²) in [5.74, 6) is 0.0165. The molecular weight excluding hydrogens is 342 g/mol. The highest BCUT2D eigenvalue weighted by Crippen LogP contribution is 2.34. The van der Waals surface area contributed by atoms with E-state index in [1.807, 2.05) is 4.90 Å². The van der Waals surface area contributed by atoms with Crippen LogP contribution in [0.5, 0.6) is 0 Å². The Bertz CT molecular complexity index is 509. The Kier molecular flexibility index (Phi) is 7.15. The maximum Gasteiger partial charge on any atom is 0.225 e. The molecule has 1 atom stereocenters. The molecule has 1 unspecified atom stereocenters. The summed E-state index contributed by atoms with van der Waals surface area (Å²) in [5.41, 5.74) is 0.0787. The van der Waals surface area contributed by atoms with E-state index in [1.165, 1.54) is 19.3 Å². The van der Waals surface area contributed by atoms with Gasteiger partial charge in [-0.1, -0.05) is 33.1 Å². The summed E-state index contributed by atoms with van der Waals surface area (Å²) in [4.78, 5) is 29.7. The summed E-state index contributed by atoms with van der Waals surface area (Å²) in [7, 11) is 0. The molecule has 1 saturated carbocycles. The number of rotatable bonds is 7. The van der Waals surface area contributed by atoms with Gasteiger partial charge < -0.3 is 15.0 Å². The Hall–Kier alpha value is -1.14. The monoisotopic (exact) mass is 379 g/mol. The Morgan fingerprint density at radius 1 is 1.19 bits per heavy atom. The van der Waals surface area contributed by atoms with E-state index in [0.29, 0.717) is 19.5 Å². The highest BCUT2D eigenvalue weighted by molar-refractivity contribution is 5.89. The number of hydrogen-bond acceptors (Lipinski definition) is 4. The largest absolute Gasteiger partial charge is 0.379 e. The molecule has 6 heteroatoms. The first-order valence-corrected chi connectivity index (χ1v) is 11.0. The van der Waals surface area contributed by atoms with Gasteiger partial charge in [0.05, 0.1) is 19.1 Å². The van der Waals surface area contributed by atoms with E-state index < -0.39 is 0 Å². The number of carbonyl (C=O) groups is 2. The average molecular weight is 380 g/mol. The third-order valence-electron chi connectivity index (χ3n) is 6.97. The van der Waals surface area contributed by atoms with Crippen LogP contribution in [0, 0.1) is 5.92 Å². The number of nitrogens with zero attached hydrogens (tertiary/aromatic N) is 2. The van der Waals surface area contributed by atoms with Crippen molar-refractivity contribution in [2.75, 3.05) is 39.4 Å². The summed E-state index contributed by atoms with van der Waals surface area (Å²) < 4.78 is 5.54. The standard InChI is InChI=1S/C21H37N3O3/c1-3-18(4-2)24-15-17(14-19(24)25)20(26)22-16-21(8-6-5-7-9-21)23-10-12-27-13-11-23/h17-18H,3-16H2,1-2H3,(H,22,26). The molecule has 6 nitrogen and oxygen atoms in total. The molecule has 2 saturated heterocycles. The van der Waals surface area contributed by atoms with Crippen molar-refractivity contribution in [3.05, 3.63) is 0 Å². The van der Waals surface area contributed by atoms with Gasteiger partial charge >= 0.3 is 0 Å². The van der Waals surface area contributed by atoms with E-state index in [0.717, 1.165) is 52.0 Å². The van der Waals surface area contributed by atoms with Gasteiger partial charge in [0.15, 0.2) is 0 Å². The van der Waals surface area contributed by atoms with E-state index in [4.69, 9.17) is 4.74 Å². The zero-order valence-electron chi connectivity index (χ0n) is 17.2. The molecule has 1 aliphatic carbocycles. The highest BCUT2D eigenvalue weighted by Gasteiger charge is 2.41. The summed E-state index contributed by atoms with van der Waals surface area (Å²) >= 11 is 0. The van der Waals surface area contributed by atoms with Crippen molar-refractivity contribution in [1.82, 2.24) is 15.1 Å². The van der Waals surface area contributed by atoms with E-state index in [9.17, 15) is 9.59 Å². The van der Waals surface area contributed by atoms with E-state index in [2.05, 4.69) is 24.1 Å². The second-order valence-electron chi connectivity index (χ2n) is 8.52. The van der Waals surface area contributed by atoms with Crippen LogP contribution in [-0.4, -0.2) is 72.6 Å². The molecule has 27 heavy (non-hydrogen) atoms. The predicted molar refractivity (Wildman–Crippen MR) is 105 cm³/mol. The molecule has 0 spiro atoms. The fourth-order valence-electron chi connectivity index (χ4n) is 5.24. The molecule has 2 aliphatic heterocycles. The van der Waals surface area contributed by atoms with Gasteiger partial charge in [0.2, 0.25) is 11.8 Å². The minimum atomic E-state index is -0.191. The zero-order valence-corrected chi connectivity index (χ0v) is 17.2. The summed E-state index contributed by atoms with van der Waals surface area (Å²) in [6.45, 7) is 9.02. The molecule has 3 aliphatic rings. The molecule has 0 aromatic rings. The number of morpholine rings is 1. The maximum absolute atomic E-state index is 12.9. The second-order valence-corrected chi connectivity index (χ2v) is 8.52. The molecule has 0 aromatic carbocycles. The molecule has 154 valence electrons. The second kappa shape index (κ2) is 9.37. The van der Waals surface area contributed by atoms with E-state index in [1.54, 1.807) is 0 Å². The van der Waals surface area contributed by atoms with Crippen LogP contribution in [0.3, 0.4) is 0 Å². The van der Waals surface area contributed by atoms with Crippen molar-refractivity contribution in [3.8, 4) is 0 Å². The van der Waals surface area contributed by atoms with Gasteiger partial charge in [0.1, 0.15) is 0 Å².